The molecule has 0 spiro atoms. The molecule has 0 radical (unpaired) electrons. The zero-order chi connectivity index (χ0) is 16.5. The summed E-state index contributed by atoms with van der Waals surface area (Å²) in [7, 11) is 0. The molecule has 0 fully saturated rings. The maximum Gasteiger partial charge on any atom is 0.150 e. The normalized spacial score (nSPS) is 12.3. The van der Waals surface area contributed by atoms with E-state index in [0.717, 1.165) is 5.57 Å². The van der Waals surface area contributed by atoms with Crippen molar-refractivity contribution < 1.29 is 0 Å². The van der Waals surface area contributed by atoms with Crippen LogP contribution in [0, 0.1) is 0 Å². The smallest absolute Gasteiger partial charge is 0.150 e. The Morgan fingerprint density at radius 2 is 1.35 bits per heavy atom. The van der Waals surface area contributed by atoms with Gasteiger partial charge >= 0.3 is 0 Å². The monoisotopic (exact) mass is 340 g/mol. The van der Waals surface area contributed by atoms with Crippen LogP contribution in [0.5, 0.6) is 0 Å². The molecule has 0 bridgehead atoms. The first-order valence-electron chi connectivity index (χ1n) is 7.70. The molecule has 0 atom stereocenters. The van der Waals surface area contributed by atoms with Crippen LogP contribution in [0.2, 0.25) is 0 Å². The second-order valence-electron chi connectivity index (χ2n) is 6.55. The maximum absolute atomic E-state index is 6.34. The molecule has 0 aliphatic heterocycles. The third kappa shape index (κ3) is 2.91. The molecular weight excluding hydrogens is 319 g/mol. The first kappa shape index (κ1) is 16.2. The number of hydrogen-bond donors (Lipinski definition) is 0. The molecule has 1 heterocycles. The van der Waals surface area contributed by atoms with Gasteiger partial charge < -0.3 is 4.57 Å². The fourth-order valence-electron chi connectivity index (χ4n) is 2.71. The van der Waals surface area contributed by atoms with E-state index in [2.05, 4.69) is 73.9 Å². The lowest BCUT2D eigenvalue weighted by Crippen LogP contribution is -2.37. The SMILES string of the molecule is CC(C)(C)n1ccnc1P(=S)(c1ccccc1)c1ccccc1. The summed E-state index contributed by atoms with van der Waals surface area (Å²) in [6.07, 6.45) is 3.91. The first-order valence-corrected chi connectivity index (χ1v) is 10.5. The largest absolute Gasteiger partial charge is 0.325 e. The van der Waals surface area contributed by atoms with E-state index in [1.807, 2.05) is 24.5 Å². The fourth-order valence-corrected chi connectivity index (χ4v) is 6.69. The lowest BCUT2D eigenvalue weighted by Gasteiger charge is -2.29. The minimum Gasteiger partial charge on any atom is -0.325 e. The third-order valence-electron chi connectivity index (χ3n) is 3.87. The van der Waals surface area contributed by atoms with Gasteiger partial charge in [-0.25, -0.2) is 4.98 Å². The predicted octanol–water partition coefficient (Wildman–Crippen LogP) is 3.39. The van der Waals surface area contributed by atoms with Gasteiger partial charge in [-0.3, -0.25) is 0 Å². The van der Waals surface area contributed by atoms with E-state index >= 15 is 0 Å². The van der Waals surface area contributed by atoms with Crippen molar-refractivity contribution in [3.8, 4) is 0 Å². The van der Waals surface area contributed by atoms with E-state index < -0.39 is 6.04 Å². The average Bonchev–Trinajstić information content (AvgIpc) is 3.06. The standard InChI is InChI=1S/C19H21N2PS/c1-19(2,3)21-15-14-20-18(21)22(23,16-10-6-4-7-11-16)17-12-8-5-9-13-17/h4-15H,1-3H3. The minimum atomic E-state index is -2.18. The molecule has 0 amide bonds. The van der Waals surface area contributed by atoms with Crippen molar-refractivity contribution in [3.63, 3.8) is 0 Å². The van der Waals surface area contributed by atoms with Crippen LogP contribution in [0.15, 0.2) is 73.1 Å². The van der Waals surface area contributed by atoms with Gasteiger partial charge in [0.25, 0.3) is 0 Å². The predicted molar refractivity (Wildman–Crippen MR) is 103 cm³/mol. The van der Waals surface area contributed by atoms with Crippen LogP contribution in [-0.2, 0) is 17.3 Å². The average molecular weight is 340 g/mol. The van der Waals surface area contributed by atoms with Crippen molar-refractivity contribution in [2.45, 2.75) is 26.3 Å². The highest BCUT2D eigenvalue weighted by Crippen LogP contribution is 2.42. The zero-order valence-electron chi connectivity index (χ0n) is 13.7. The quantitative estimate of drug-likeness (QED) is 0.680. The van der Waals surface area contributed by atoms with Crippen LogP contribution in [0.4, 0.5) is 0 Å². The van der Waals surface area contributed by atoms with E-state index in [-0.39, 0.29) is 5.54 Å². The molecule has 118 valence electrons. The van der Waals surface area contributed by atoms with Crippen LogP contribution >= 0.6 is 6.04 Å². The molecule has 2 aromatic carbocycles. The highest BCUT2D eigenvalue weighted by atomic mass is 32.4. The van der Waals surface area contributed by atoms with Crippen molar-refractivity contribution in [3.05, 3.63) is 73.1 Å². The molecule has 0 saturated carbocycles. The van der Waals surface area contributed by atoms with Crippen molar-refractivity contribution in [2.75, 3.05) is 0 Å². The van der Waals surface area contributed by atoms with Gasteiger partial charge in [-0.1, -0.05) is 72.5 Å². The third-order valence-corrected chi connectivity index (χ3v) is 8.56. The van der Waals surface area contributed by atoms with E-state index in [1.54, 1.807) is 0 Å². The molecule has 0 saturated heterocycles. The second-order valence-corrected chi connectivity index (χ2v) is 10.8. The molecule has 0 aliphatic rings. The highest BCUT2D eigenvalue weighted by molar-refractivity contribution is 8.25. The summed E-state index contributed by atoms with van der Waals surface area (Å²) in [5, 5.41) is 2.36. The van der Waals surface area contributed by atoms with Crippen LogP contribution < -0.4 is 16.2 Å². The van der Waals surface area contributed by atoms with Gasteiger partial charge in [0.05, 0.1) is 6.04 Å². The number of imidazole rings is 1. The van der Waals surface area contributed by atoms with Gasteiger partial charge in [-0.15, -0.1) is 0 Å². The Morgan fingerprint density at radius 3 is 1.78 bits per heavy atom. The van der Waals surface area contributed by atoms with Crippen LogP contribution in [0.3, 0.4) is 0 Å². The number of rotatable bonds is 3. The van der Waals surface area contributed by atoms with E-state index in [0.29, 0.717) is 0 Å². The zero-order valence-corrected chi connectivity index (χ0v) is 15.4. The molecule has 23 heavy (non-hydrogen) atoms. The van der Waals surface area contributed by atoms with Gasteiger partial charge in [0.2, 0.25) is 0 Å². The number of benzene rings is 2. The highest BCUT2D eigenvalue weighted by Gasteiger charge is 2.31. The van der Waals surface area contributed by atoms with E-state index in [4.69, 9.17) is 16.8 Å². The van der Waals surface area contributed by atoms with E-state index in [1.165, 1.54) is 10.6 Å². The molecule has 0 N–H and O–H groups in total. The van der Waals surface area contributed by atoms with Gasteiger partial charge in [-0.2, -0.15) is 0 Å². The van der Waals surface area contributed by atoms with Crippen LogP contribution in [-0.4, -0.2) is 9.55 Å². The van der Waals surface area contributed by atoms with Gasteiger partial charge in [-0.05, 0) is 31.4 Å². The molecule has 4 heteroatoms. The summed E-state index contributed by atoms with van der Waals surface area (Å²) in [5.41, 5.74) is 0.941. The van der Waals surface area contributed by atoms with Gasteiger partial charge in [0.15, 0.2) is 0 Å². The number of aromatic nitrogens is 2. The summed E-state index contributed by atoms with van der Waals surface area (Å²) in [5.74, 6) is 0. The van der Waals surface area contributed by atoms with Crippen molar-refractivity contribution in [1.29, 1.82) is 0 Å². The van der Waals surface area contributed by atoms with Crippen LogP contribution in [0.25, 0.3) is 0 Å². The Morgan fingerprint density at radius 1 is 0.870 bits per heavy atom. The lowest BCUT2D eigenvalue weighted by molar-refractivity contribution is 0.406. The van der Waals surface area contributed by atoms with Gasteiger partial charge in [0.1, 0.15) is 5.57 Å². The van der Waals surface area contributed by atoms with Crippen molar-refractivity contribution in [2.24, 2.45) is 0 Å². The Balaban J connectivity index is 2.32. The van der Waals surface area contributed by atoms with Crippen molar-refractivity contribution >= 4 is 34.0 Å². The summed E-state index contributed by atoms with van der Waals surface area (Å²) < 4.78 is 2.23. The number of hydrogen-bond acceptors (Lipinski definition) is 2. The Hall–Kier alpha value is -1.70. The summed E-state index contributed by atoms with van der Waals surface area (Å²) in [4.78, 5) is 4.72. The summed E-state index contributed by atoms with van der Waals surface area (Å²) >= 11 is 6.34. The Bertz CT molecular complexity index is 789. The second kappa shape index (κ2) is 6.07. The minimum absolute atomic E-state index is 0.0561. The molecule has 2 nitrogen and oxygen atoms in total. The maximum atomic E-state index is 6.34. The molecule has 0 unspecified atom stereocenters. The Labute approximate surface area is 143 Å². The fraction of sp³-hybridized carbons (Fsp3) is 0.211. The number of nitrogens with zero attached hydrogens (tertiary/aromatic N) is 2. The molecular formula is C19H21N2PS. The van der Waals surface area contributed by atoms with Crippen molar-refractivity contribution in [1.82, 2.24) is 9.55 Å². The summed E-state index contributed by atoms with van der Waals surface area (Å²) in [6, 6.07) is 18.7. The molecule has 3 aromatic rings. The summed E-state index contributed by atoms with van der Waals surface area (Å²) in [6.45, 7) is 6.56. The van der Waals surface area contributed by atoms with E-state index in [9.17, 15) is 0 Å². The first-order chi connectivity index (χ1) is 10.9. The lowest BCUT2D eigenvalue weighted by atomic mass is 10.1. The van der Waals surface area contributed by atoms with Crippen LogP contribution in [0.1, 0.15) is 20.8 Å². The Kier molecular flexibility index (Phi) is 4.27. The molecule has 3 rings (SSSR count). The topological polar surface area (TPSA) is 17.8 Å². The van der Waals surface area contributed by atoms with Gasteiger partial charge in [0, 0.05) is 17.9 Å². The molecule has 1 aromatic heterocycles. The molecule has 0 aliphatic carbocycles.